The van der Waals surface area contributed by atoms with E-state index in [4.69, 9.17) is 5.73 Å². The highest BCUT2D eigenvalue weighted by Crippen LogP contribution is 2.18. The Labute approximate surface area is 107 Å². The van der Waals surface area contributed by atoms with Crippen molar-refractivity contribution in [1.82, 2.24) is 5.32 Å². The molecule has 1 saturated carbocycles. The number of benzene rings is 1. The molecule has 0 aliphatic heterocycles. The largest absolute Gasteiger partial charge is 0.382 e. The Morgan fingerprint density at radius 1 is 1.39 bits per heavy atom. The summed E-state index contributed by atoms with van der Waals surface area (Å²) in [5.41, 5.74) is 6.90. The van der Waals surface area contributed by atoms with Gasteiger partial charge in [-0.2, -0.15) is 0 Å². The van der Waals surface area contributed by atoms with Crippen LogP contribution < -0.4 is 11.1 Å². The molecular formula is C14H20N2O2. The Kier molecular flexibility index (Phi) is 4.33. The Hall–Kier alpha value is -1.39. The standard InChI is InChI=1S/C14H20N2O2/c15-12(9-10-5-2-1-3-6-10)13(17)14(18)16-11-7-4-8-11/h1-3,5-6,11-13,17H,4,7-9,15H2,(H,16,18). The van der Waals surface area contributed by atoms with Crippen molar-refractivity contribution < 1.29 is 9.90 Å². The maximum atomic E-state index is 11.7. The highest BCUT2D eigenvalue weighted by atomic mass is 16.3. The first-order valence-electron chi connectivity index (χ1n) is 6.45. The summed E-state index contributed by atoms with van der Waals surface area (Å²) >= 11 is 0. The fourth-order valence-corrected chi connectivity index (χ4v) is 2.03. The molecule has 4 heteroatoms. The summed E-state index contributed by atoms with van der Waals surface area (Å²) in [5, 5.41) is 12.7. The van der Waals surface area contributed by atoms with Crippen molar-refractivity contribution in [2.75, 3.05) is 0 Å². The number of rotatable bonds is 5. The van der Waals surface area contributed by atoms with Crippen molar-refractivity contribution >= 4 is 5.91 Å². The number of hydrogen-bond donors (Lipinski definition) is 3. The van der Waals surface area contributed by atoms with E-state index in [-0.39, 0.29) is 11.9 Å². The van der Waals surface area contributed by atoms with Gasteiger partial charge >= 0.3 is 0 Å². The van der Waals surface area contributed by atoms with Crippen LogP contribution in [0.4, 0.5) is 0 Å². The maximum Gasteiger partial charge on any atom is 0.250 e. The highest BCUT2D eigenvalue weighted by molar-refractivity contribution is 5.81. The molecule has 18 heavy (non-hydrogen) atoms. The number of nitrogens with one attached hydrogen (secondary N) is 1. The van der Waals surface area contributed by atoms with Gasteiger partial charge in [-0.3, -0.25) is 4.79 Å². The molecule has 1 aliphatic rings. The molecule has 0 saturated heterocycles. The zero-order valence-electron chi connectivity index (χ0n) is 10.4. The average molecular weight is 248 g/mol. The summed E-state index contributed by atoms with van der Waals surface area (Å²) in [5.74, 6) is -0.344. The number of hydrogen-bond acceptors (Lipinski definition) is 3. The van der Waals surface area contributed by atoms with Crippen LogP contribution in [0.2, 0.25) is 0 Å². The number of aliphatic hydroxyl groups excluding tert-OH is 1. The average Bonchev–Trinajstić information content (AvgIpc) is 2.33. The molecule has 2 atom stereocenters. The van der Waals surface area contributed by atoms with Crippen LogP contribution in [0.5, 0.6) is 0 Å². The molecule has 0 bridgehead atoms. The SMILES string of the molecule is NC(Cc1ccccc1)C(O)C(=O)NC1CCC1. The van der Waals surface area contributed by atoms with Crippen molar-refractivity contribution in [2.24, 2.45) is 5.73 Å². The van der Waals surface area contributed by atoms with Crippen molar-refractivity contribution in [3.63, 3.8) is 0 Å². The second-order valence-electron chi connectivity index (χ2n) is 4.93. The van der Waals surface area contributed by atoms with Gasteiger partial charge in [-0.15, -0.1) is 0 Å². The fraction of sp³-hybridized carbons (Fsp3) is 0.500. The molecule has 2 unspecified atom stereocenters. The van der Waals surface area contributed by atoms with Gasteiger partial charge in [0, 0.05) is 12.1 Å². The molecule has 0 heterocycles. The molecule has 1 aromatic carbocycles. The van der Waals surface area contributed by atoms with E-state index in [0.29, 0.717) is 6.42 Å². The lowest BCUT2D eigenvalue weighted by atomic mass is 9.92. The Bertz CT molecular complexity index is 390. The van der Waals surface area contributed by atoms with Crippen LogP contribution in [0, 0.1) is 0 Å². The summed E-state index contributed by atoms with van der Waals surface area (Å²) in [7, 11) is 0. The van der Waals surface area contributed by atoms with E-state index < -0.39 is 12.1 Å². The van der Waals surface area contributed by atoms with Gasteiger partial charge in [0.25, 0.3) is 5.91 Å². The summed E-state index contributed by atoms with van der Waals surface area (Å²) < 4.78 is 0. The topological polar surface area (TPSA) is 75.3 Å². The third-order valence-corrected chi connectivity index (χ3v) is 3.44. The van der Waals surface area contributed by atoms with Crippen molar-refractivity contribution in [3.8, 4) is 0 Å². The van der Waals surface area contributed by atoms with Crippen LogP contribution in [0.3, 0.4) is 0 Å². The summed E-state index contributed by atoms with van der Waals surface area (Å²) in [6.45, 7) is 0. The normalized spacial score (nSPS) is 18.8. The number of carbonyl (C=O) groups excluding carboxylic acids is 1. The fourth-order valence-electron chi connectivity index (χ4n) is 2.03. The number of nitrogens with two attached hydrogens (primary N) is 1. The van der Waals surface area contributed by atoms with Crippen molar-refractivity contribution in [1.29, 1.82) is 0 Å². The molecule has 0 aromatic heterocycles. The van der Waals surface area contributed by atoms with Gasteiger partial charge in [-0.25, -0.2) is 0 Å². The third-order valence-electron chi connectivity index (χ3n) is 3.44. The molecule has 1 aromatic rings. The quantitative estimate of drug-likeness (QED) is 0.713. The van der Waals surface area contributed by atoms with Gasteiger partial charge in [0.05, 0.1) is 0 Å². The van der Waals surface area contributed by atoms with Gasteiger partial charge in [-0.05, 0) is 31.2 Å². The van der Waals surface area contributed by atoms with E-state index in [2.05, 4.69) is 5.32 Å². The third kappa shape index (κ3) is 3.31. The van der Waals surface area contributed by atoms with Crippen molar-refractivity contribution in [2.45, 2.75) is 43.9 Å². The highest BCUT2D eigenvalue weighted by Gasteiger charge is 2.27. The minimum absolute atomic E-state index is 0.232. The smallest absolute Gasteiger partial charge is 0.250 e. The predicted octanol–water partition coefficient (Wildman–Crippen LogP) is 0.586. The van der Waals surface area contributed by atoms with Crippen LogP contribution in [-0.2, 0) is 11.2 Å². The summed E-state index contributed by atoms with van der Waals surface area (Å²) in [6.07, 6.45) is 2.53. The minimum atomic E-state index is -1.13. The molecule has 0 spiro atoms. The molecule has 4 N–H and O–H groups in total. The van der Waals surface area contributed by atoms with Crippen LogP contribution >= 0.6 is 0 Å². The van der Waals surface area contributed by atoms with E-state index in [1.54, 1.807) is 0 Å². The first-order chi connectivity index (χ1) is 8.66. The predicted molar refractivity (Wildman–Crippen MR) is 69.9 cm³/mol. The van der Waals surface area contributed by atoms with Crippen LogP contribution in [0.25, 0.3) is 0 Å². The molecule has 0 radical (unpaired) electrons. The summed E-state index contributed by atoms with van der Waals surface area (Å²) in [4.78, 5) is 11.7. The Balaban J connectivity index is 1.83. The van der Waals surface area contributed by atoms with Crippen molar-refractivity contribution in [3.05, 3.63) is 35.9 Å². The van der Waals surface area contributed by atoms with Gasteiger partial charge in [0.2, 0.25) is 0 Å². The molecule has 1 aliphatic carbocycles. The van der Waals surface area contributed by atoms with Crippen LogP contribution in [0.15, 0.2) is 30.3 Å². The van der Waals surface area contributed by atoms with E-state index in [9.17, 15) is 9.90 Å². The van der Waals surface area contributed by atoms with Crippen LogP contribution in [-0.4, -0.2) is 29.2 Å². The first-order valence-corrected chi connectivity index (χ1v) is 6.45. The molecule has 1 fully saturated rings. The number of carbonyl (C=O) groups is 1. The molecule has 2 rings (SSSR count). The van der Waals surface area contributed by atoms with E-state index >= 15 is 0 Å². The molecule has 1 amide bonds. The van der Waals surface area contributed by atoms with Crippen LogP contribution in [0.1, 0.15) is 24.8 Å². The van der Waals surface area contributed by atoms with Gasteiger partial charge in [-0.1, -0.05) is 30.3 Å². The molecule has 98 valence electrons. The first kappa shape index (κ1) is 13.1. The lowest BCUT2D eigenvalue weighted by Crippen LogP contribution is -2.51. The van der Waals surface area contributed by atoms with E-state index in [1.165, 1.54) is 0 Å². The monoisotopic (exact) mass is 248 g/mol. The molecule has 4 nitrogen and oxygen atoms in total. The van der Waals surface area contributed by atoms with E-state index in [1.807, 2.05) is 30.3 Å². The second-order valence-corrected chi connectivity index (χ2v) is 4.93. The zero-order chi connectivity index (χ0) is 13.0. The lowest BCUT2D eigenvalue weighted by molar-refractivity contribution is -0.131. The second kappa shape index (κ2) is 5.98. The van der Waals surface area contributed by atoms with Gasteiger partial charge < -0.3 is 16.2 Å². The zero-order valence-corrected chi connectivity index (χ0v) is 10.4. The van der Waals surface area contributed by atoms with E-state index in [0.717, 1.165) is 24.8 Å². The number of aliphatic hydroxyl groups is 1. The summed E-state index contributed by atoms with van der Waals surface area (Å²) in [6, 6.07) is 9.32. The number of amides is 1. The van der Waals surface area contributed by atoms with Gasteiger partial charge in [0.15, 0.2) is 0 Å². The maximum absolute atomic E-state index is 11.7. The minimum Gasteiger partial charge on any atom is -0.382 e. The van der Waals surface area contributed by atoms with Gasteiger partial charge in [0.1, 0.15) is 6.10 Å². The molecular weight excluding hydrogens is 228 g/mol. The lowest BCUT2D eigenvalue weighted by Gasteiger charge is -2.28. The Morgan fingerprint density at radius 3 is 2.61 bits per heavy atom. The Morgan fingerprint density at radius 2 is 2.06 bits per heavy atom.